The highest BCUT2D eigenvalue weighted by molar-refractivity contribution is 5.34. The van der Waals surface area contributed by atoms with Crippen molar-refractivity contribution in [3.8, 4) is 0 Å². The average molecular weight is 241 g/mol. The first-order chi connectivity index (χ1) is 8.01. The van der Waals surface area contributed by atoms with Crippen LogP contribution in [0, 0.1) is 5.41 Å². The Labute approximate surface area is 98.0 Å². The zero-order valence-electron chi connectivity index (χ0n) is 9.35. The Morgan fingerprint density at radius 1 is 1.18 bits per heavy atom. The lowest BCUT2D eigenvalue weighted by Crippen LogP contribution is -2.10. The van der Waals surface area contributed by atoms with E-state index in [2.05, 4.69) is 5.32 Å². The quantitative estimate of drug-likeness (QED) is 0.796. The van der Waals surface area contributed by atoms with Crippen LogP contribution in [0.1, 0.15) is 29.9 Å². The number of rotatable bonds is 1. The van der Waals surface area contributed by atoms with Gasteiger partial charge >= 0.3 is 6.18 Å². The molecule has 17 heavy (non-hydrogen) atoms. The van der Waals surface area contributed by atoms with Gasteiger partial charge in [0.1, 0.15) is 0 Å². The molecule has 1 nitrogen and oxygen atoms in total. The first kappa shape index (κ1) is 11.1. The van der Waals surface area contributed by atoms with Crippen LogP contribution in [0.25, 0.3) is 0 Å². The molecule has 1 spiro atoms. The minimum absolute atomic E-state index is 0.347. The fourth-order valence-electron chi connectivity index (χ4n) is 2.96. The van der Waals surface area contributed by atoms with Crippen LogP contribution in [-0.2, 0) is 6.18 Å². The van der Waals surface area contributed by atoms with Crippen LogP contribution in [0.15, 0.2) is 24.3 Å². The Morgan fingerprint density at radius 3 is 2.41 bits per heavy atom. The normalized spacial score (nSPS) is 32.1. The lowest BCUT2D eigenvalue weighted by Gasteiger charge is -2.10. The third-order valence-electron chi connectivity index (χ3n) is 4.11. The van der Waals surface area contributed by atoms with Crippen molar-refractivity contribution < 1.29 is 13.2 Å². The fourth-order valence-corrected chi connectivity index (χ4v) is 2.96. The molecule has 1 aromatic rings. The van der Waals surface area contributed by atoms with Gasteiger partial charge in [0, 0.05) is 6.54 Å². The topological polar surface area (TPSA) is 12.0 Å². The summed E-state index contributed by atoms with van der Waals surface area (Å²) in [5.41, 5.74) is 0.849. The SMILES string of the molecule is FC(F)(F)c1ccc(C2C[C@@]23CCNC3)cc1. The van der Waals surface area contributed by atoms with Crippen molar-refractivity contribution in [1.82, 2.24) is 5.32 Å². The van der Waals surface area contributed by atoms with Gasteiger partial charge in [0.2, 0.25) is 0 Å². The van der Waals surface area contributed by atoms with Crippen molar-refractivity contribution in [2.45, 2.75) is 24.9 Å². The maximum atomic E-state index is 12.4. The van der Waals surface area contributed by atoms with Gasteiger partial charge in [-0.2, -0.15) is 13.2 Å². The van der Waals surface area contributed by atoms with Crippen molar-refractivity contribution in [2.75, 3.05) is 13.1 Å². The smallest absolute Gasteiger partial charge is 0.316 e. The lowest BCUT2D eigenvalue weighted by atomic mass is 9.97. The molecule has 1 aliphatic heterocycles. The third kappa shape index (κ3) is 1.84. The number of alkyl halides is 3. The van der Waals surface area contributed by atoms with E-state index >= 15 is 0 Å². The maximum absolute atomic E-state index is 12.4. The average Bonchev–Trinajstić information content (AvgIpc) is 2.76. The predicted molar refractivity (Wildman–Crippen MR) is 58.7 cm³/mol. The van der Waals surface area contributed by atoms with E-state index in [1.807, 2.05) is 0 Å². The zero-order valence-corrected chi connectivity index (χ0v) is 9.35. The van der Waals surface area contributed by atoms with Gasteiger partial charge in [-0.25, -0.2) is 0 Å². The lowest BCUT2D eigenvalue weighted by molar-refractivity contribution is -0.137. The van der Waals surface area contributed by atoms with E-state index in [9.17, 15) is 13.2 Å². The van der Waals surface area contributed by atoms with Gasteiger partial charge in [-0.05, 0) is 48.4 Å². The van der Waals surface area contributed by atoms with Crippen LogP contribution in [0.5, 0.6) is 0 Å². The highest BCUT2D eigenvalue weighted by atomic mass is 19.4. The summed E-state index contributed by atoms with van der Waals surface area (Å²) in [4.78, 5) is 0. The van der Waals surface area contributed by atoms with Crippen molar-refractivity contribution in [1.29, 1.82) is 0 Å². The first-order valence-electron chi connectivity index (χ1n) is 5.89. The van der Waals surface area contributed by atoms with Gasteiger partial charge < -0.3 is 5.32 Å². The van der Waals surface area contributed by atoms with Crippen molar-refractivity contribution >= 4 is 0 Å². The highest BCUT2D eigenvalue weighted by Gasteiger charge is 2.55. The molecule has 1 saturated carbocycles. The Kier molecular flexibility index (Phi) is 2.27. The molecule has 1 unspecified atom stereocenters. The Bertz CT molecular complexity index is 415. The molecule has 4 heteroatoms. The molecule has 0 aromatic heterocycles. The largest absolute Gasteiger partial charge is 0.416 e. The molecule has 1 aromatic carbocycles. The van der Waals surface area contributed by atoms with Crippen LogP contribution in [-0.4, -0.2) is 13.1 Å². The van der Waals surface area contributed by atoms with Crippen molar-refractivity contribution in [3.63, 3.8) is 0 Å². The van der Waals surface area contributed by atoms with E-state index in [0.717, 1.165) is 31.5 Å². The minimum atomic E-state index is -4.23. The second-order valence-electron chi connectivity index (χ2n) is 5.17. The van der Waals surface area contributed by atoms with Gasteiger partial charge in [0.15, 0.2) is 0 Å². The summed E-state index contributed by atoms with van der Waals surface area (Å²) in [5.74, 6) is 0.458. The summed E-state index contributed by atoms with van der Waals surface area (Å²) in [6.45, 7) is 2.05. The zero-order chi connectivity index (χ0) is 12.1. The molecule has 2 aliphatic rings. The highest BCUT2D eigenvalue weighted by Crippen LogP contribution is 2.62. The number of halogens is 3. The van der Waals surface area contributed by atoms with Crippen LogP contribution >= 0.6 is 0 Å². The van der Waals surface area contributed by atoms with Crippen LogP contribution < -0.4 is 5.32 Å². The van der Waals surface area contributed by atoms with E-state index in [4.69, 9.17) is 0 Å². The fraction of sp³-hybridized carbons (Fsp3) is 0.538. The molecule has 1 heterocycles. The van der Waals surface area contributed by atoms with Crippen LogP contribution in [0.3, 0.4) is 0 Å². The monoisotopic (exact) mass is 241 g/mol. The number of benzene rings is 1. The Balaban J connectivity index is 1.78. The summed E-state index contributed by atoms with van der Waals surface area (Å²) in [6.07, 6.45) is -1.96. The predicted octanol–water partition coefficient (Wildman–Crippen LogP) is 3.17. The third-order valence-corrected chi connectivity index (χ3v) is 4.11. The van der Waals surface area contributed by atoms with E-state index in [-0.39, 0.29) is 0 Å². The summed E-state index contributed by atoms with van der Waals surface area (Å²) >= 11 is 0. The standard InChI is InChI=1S/C13H14F3N/c14-13(15,16)10-3-1-9(2-4-10)11-7-12(11)5-6-17-8-12/h1-4,11,17H,5-8H2/t11?,12-/m1/s1. The van der Waals surface area contributed by atoms with Gasteiger partial charge in [-0.15, -0.1) is 0 Å². The van der Waals surface area contributed by atoms with E-state index < -0.39 is 11.7 Å². The minimum Gasteiger partial charge on any atom is -0.316 e. The summed E-state index contributed by atoms with van der Waals surface area (Å²) in [7, 11) is 0. The molecule has 0 bridgehead atoms. The number of hydrogen-bond donors (Lipinski definition) is 1. The molecule has 3 rings (SSSR count). The molecule has 2 fully saturated rings. The second kappa shape index (κ2) is 3.48. The van der Waals surface area contributed by atoms with Crippen LogP contribution in [0.2, 0.25) is 0 Å². The number of hydrogen-bond acceptors (Lipinski definition) is 1. The molecule has 0 radical (unpaired) electrons. The van der Waals surface area contributed by atoms with Gasteiger partial charge in [0.25, 0.3) is 0 Å². The summed E-state index contributed by atoms with van der Waals surface area (Å²) in [5, 5.41) is 3.33. The Hall–Kier alpha value is -1.03. The molecular formula is C13H14F3N. The van der Waals surface area contributed by atoms with E-state index in [1.54, 1.807) is 12.1 Å². The Morgan fingerprint density at radius 2 is 1.88 bits per heavy atom. The van der Waals surface area contributed by atoms with Gasteiger partial charge in [-0.1, -0.05) is 12.1 Å². The number of nitrogens with one attached hydrogen (secondary N) is 1. The first-order valence-corrected chi connectivity index (χ1v) is 5.89. The van der Waals surface area contributed by atoms with Crippen molar-refractivity contribution in [2.24, 2.45) is 5.41 Å². The van der Waals surface area contributed by atoms with Gasteiger partial charge in [0.05, 0.1) is 5.56 Å². The molecule has 2 atom stereocenters. The van der Waals surface area contributed by atoms with Gasteiger partial charge in [-0.3, -0.25) is 0 Å². The van der Waals surface area contributed by atoms with E-state index in [0.29, 0.717) is 11.3 Å². The molecule has 1 saturated heterocycles. The molecule has 1 aliphatic carbocycles. The molecule has 1 N–H and O–H groups in total. The molecule has 0 amide bonds. The maximum Gasteiger partial charge on any atom is 0.416 e. The molecule has 92 valence electrons. The molecular weight excluding hydrogens is 227 g/mol. The summed E-state index contributed by atoms with van der Waals surface area (Å²) < 4.78 is 37.3. The summed E-state index contributed by atoms with van der Waals surface area (Å²) in [6, 6.07) is 5.68. The van der Waals surface area contributed by atoms with E-state index in [1.165, 1.54) is 12.1 Å². The van der Waals surface area contributed by atoms with Crippen LogP contribution in [0.4, 0.5) is 13.2 Å². The van der Waals surface area contributed by atoms with Crippen molar-refractivity contribution in [3.05, 3.63) is 35.4 Å². The second-order valence-corrected chi connectivity index (χ2v) is 5.17.